The summed E-state index contributed by atoms with van der Waals surface area (Å²) in [4.78, 5) is 50.6. The number of methoxy groups -OCH3 is 3. The van der Waals surface area contributed by atoms with Crippen molar-refractivity contribution in [1.82, 2.24) is 19.4 Å². The lowest BCUT2D eigenvalue weighted by molar-refractivity contribution is -0.130. The van der Waals surface area contributed by atoms with Gasteiger partial charge >= 0.3 is 0 Å². The number of fused-ring (bicyclic) bond motifs is 1. The smallest absolute Gasteiger partial charge is 0.260 e. The van der Waals surface area contributed by atoms with E-state index in [2.05, 4.69) is 4.90 Å². The van der Waals surface area contributed by atoms with E-state index in [0.29, 0.717) is 81.6 Å². The van der Waals surface area contributed by atoms with Gasteiger partial charge in [-0.25, -0.2) is 4.98 Å². The lowest BCUT2D eigenvalue weighted by Gasteiger charge is -2.35. The van der Waals surface area contributed by atoms with Crippen molar-refractivity contribution >= 4 is 28.6 Å². The molecule has 11 nitrogen and oxygen atoms in total. The Morgan fingerprint density at radius 3 is 2.22 bits per heavy atom. The Morgan fingerprint density at radius 2 is 1.56 bits per heavy atom. The number of carbonyl (C=O) groups excluding carboxylic acids is 3. The molecule has 2 amide bonds. The number of Topliss-reactive ketones (excluding diaryl/α,β-unsaturated/α-hetero) is 1. The molecule has 0 spiro atoms. The van der Waals surface area contributed by atoms with Gasteiger partial charge in [0.05, 0.1) is 44.4 Å². The molecule has 0 aliphatic carbocycles. The van der Waals surface area contributed by atoms with Crippen LogP contribution >= 0.6 is 0 Å². The molecule has 2 fully saturated rings. The fraction of sp³-hybridized carbons (Fsp3) is 0.436. The molecule has 0 bridgehead atoms. The second-order valence-electron chi connectivity index (χ2n) is 12.9. The average molecular weight is 683 g/mol. The van der Waals surface area contributed by atoms with Crippen molar-refractivity contribution in [3.05, 3.63) is 83.7 Å². The number of ether oxygens (including phenoxy) is 4. The standard InChI is InChI=1S/C39H46N4O7/c1-5-50-24-23-42-31-14-10-9-13-30(31)40-36(42)34(44)27-15-19-41(20-16-27)21-17-39(29-11-7-6-8-12-29)18-22-43(38(39)46)37(45)28-25-32(47-2)35(49-4)33(26-28)48-3/h6-14,25-27H,5,15-24H2,1-4H3. The van der Waals surface area contributed by atoms with Crippen molar-refractivity contribution in [2.45, 2.75) is 44.6 Å². The maximum absolute atomic E-state index is 14.4. The largest absolute Gasteiger partial charge is 0.493 e. The molecular formula is C39H46N4O7. The summed E-state index contributed by atoms with van der Waals surface area (Å²) in [6, 6.07) is 20.8. The molecule has 6 rings (SSSR count). The monoisotopic (exact) mass is 682 g/mol. The van der Waals surface area contributed by atoms with Crippen LogP contribution in [0, 0.1) is 5.92 Å². The molecule has 0 radical (unpaired) electrons. The van der Waals surface area contributed by atoms with Gasteiger partial charge < -0.3 is 28.4 Å². The van der Waals surface area contributed by atoms with E-state index in [9.17, 15) is 14.4 Å². The summed E-state index contributed by atoms with van der Waals surface area (Å²) in [5.41, 5.74) is 2.10. The number of benzene rings is 3. The number of hydrogen-bond acceptors (Lipinski definition) is 9. The van der Waals surface area contributed by atoms with E-state index in [0.717, 1.165) is 29.7 Å². The number of imide groups is 1. The zero-order chi connectivity index (χ0) is 35.3. The SMILES string of the molecule is CCOCCn1c(C(=O)C2CCN(CCC3(c4ccccc4)CCN(C(=O)c4cc(OC)c(OC)c(OC)c4)C3=O)CC2)nc2ccccc21. The van der Waals surface area contributed by atoms with Gasteiger partial charge in [0.15, 0.2) is 17.3 Å². The zero-order valence-corrected chi connectivity index (χ0v) is 29.4. The van der Waals surface area contributed by atoms with Crippen molar-refractivity contribution in [3.8, 4) is 17.2 Å². The number of hydrogen-bond donors (Lipinski definition) is 0. The zero-order valence-electron chi connectivity index (χ0n) is 29.4. The Balaban J connectivity index is 1.15. The maximum Gasteiger partial charge on any atom is 0.260 e. The van der Waals surface area contributed by atoms with Crippen LogP contribution in [0.5, 0.6) is 17.2 Å². The summed E-state index contributed by atoms with van der Waals surface area (Å²) < 4.78 is 24.0. The second-order valence-corrected chi connectivity index (χ2v) is 12.9. The Hall–Kier alpha value is -4.74. The van der Waals surface area contributed by atoms with Crippen molar-refractivity contribution in [1.29, 1.82) is 0 Å². The molecule has 4 aromatic rings. The molecule has 11 heteroatoms. The number of carbonyl (C=O) groups is 3. The number of nitrogens with zero attached hydrogens (tertiary/aromatic N) is 4. The summed E-state index contributed by atoms with van der Waals surface area (Å²) in [5.74, 6) is 0.907. The molecule has 3 aromatic carbocycles. The summed E-state index contributed by atoms with van der Waals surface area (Å²) in [7, 11) is 4.49. The number of imidazole rings is 1. The number of amides is 2. The summed E-state index contributed by atoms with van der Waals surface area (Å²) in [6.45, 7) is 6.11. The molecular weight excluding hydrogens is 636 g/mol. The third-order valence-electron chi connectivity index (χ3n) is 10.3. The quantitative estimate of drug-likeness (QED) is 0.0982. The number of likely N-dealkylation sites (tertiary alicyclic amines) is 2. The minimum atomic E-state index is -0.852. The van der Waals surface area contributed by atoms with Gasteiger partial charge in [-0.2, -0.15) is 0 Å². The van der Waals surface area contributed by atoms with Gasteiger partial charge in [-0.3, -0.25) is 19.3 Å². The van der Waals surface area contributed by atoms with Gasteiger partial charge in [-0.15, -0.1) is 0 Å². The van der Waals surface area contributed by atoms with Gasteiger partial charge in [0, 0.05) is 31.2 Å². The first-order chi connectivity index (χ1) is 24.3. The van der Waals surface area contributed by atoms with Crippen LogP contribution in [-0.2, 0) is 21.5 Å². The first kappa shape index (κ1) is 35.1. The first-order valence-corrected chi connectivity index (χ1v) is 17.4. The van der Waals surface area contributed by atoms with E-state index >= 15 is 0 Å². The highest BCUT2D eigenvalue weighted by Crippen LogP contribution is 2.42. The van der Waals surface area contributed by atoms with E-state index in [4.69, 9.17) is 23.9 Å². The third kappa shape index (κ3) is 6.72. The van der Waals surface area contributed by atoms with Crippen molar-refractivity contribution in [2.24, 2.45) is 5.92 Å². The van der Waals surface area contributed by atoms with Crippen LogP contribution in [0.15, 0.2) is 66.7 Å². The molecule has 2 aliphatic rings. The predicted octanol–water partition coefficient (Wildman–Crippen LogP) is 5.39. The van der Waals surface area contributed by atoms with Crippen LogP contribution in [0.4, 0.5) is 0 Å². The van der Waals surface area contributed by atoms with E-state index < -0.39 is 11.3 Å². The van der Waals surface area contributed by atoms with Gasteiger partial charge in [0.1, 0.15) is 0 Å². The first-order valence-electron chi connectivity index (χ1n) is 17.4. The van der Waals surface area contributed by atoms with Crippen LogP contribution in [-0.4, -0.2) is 97.7 Å². The third-order valence-corrected chi connectivity index (χ3v) is 10.3. The molecule has 264 valence electrons. The van der Waals surface area contributed by atoms with Gasteiger partial charge in [-0.05, 0) is 82.1 Å². The van der Waals surface area contributed by atoms with Gasteiger partial charge in [0.2, 0.25) is 17.4 Å². The minimum Gasteiger partial charge on any atom is -0.493 e. The number of rotatable bonds is 14. The van der Waals surface area contributed by atoms with E-state index in [-0.39, 0.29) is 23.2 Å². The summed E-state index contributed by atoms with van der Waals surface area (Å²) >= 11 is 0. The molecule has 1 atom stereocenters. The Kier molecular flexibility index (Phi) is 10.8. The molecule has 1 aromatic heterocycles. The van der Waals surface area contributed by atoms with Gasteiger partial charge in [-0.1, -0.05) is 42.5 Å². The Morgan fingerprint density at radius 1 is 0.880 bits per heavy atom. The van der Waals surface area contributed by atoms with Crippen LogP contribution in [0.25, 0.3) is 11.0 Å². The number of para-hydroxylation sites is 2. The van der Waals surface area contributed by atoms with Crippen LogP contribution < -0.4 is 14.2 Å². The second kappa shape index (κ2) is 15.4. The highest BCUT2D eigenvalue weighted by Gasteiger charge is 2.50. The van der Waals surface area contributed by atoms with E-state index in [1.807, 2.05) is 66.1 Å². The lowest BCUT2D eigenvalue weighted by Crippen LogP contribution is -2.44. The maximum atomic E-state index is 14.4. The van der Waals surface area contributed by atoms with Crippen molar-refractivity contribution in [2.75, 3.05) is 60.7 Å². The topological polar surface area (TPSA) is 112 Å². The molecule has 2 aliphatic heterocycles. The number of aromatic nitrogens is 2. The fourth-order valence-electron chi connectivity index (χ4n) is 7.47. The molecule has 0 N–H and O–H groups in total. The normalized spacial score (nSPS) is 18.5. The highest BCUT2D eigenvalue weighted by atomic mass is 16.5. The van der Waals surface area contributed by atoms with Crippen LogP contribution in [0.2, 0.25) is 0 Å². The summed E-state index contributed by atoms with van der Waals surface area (Å²) in [5, 5.41) is 0. The number of piperidine rings is 1. The molecule has 0 saturated carbocycles. The summed E-state index contributed by atoms with van der Waals surface area (Å²) in [6.07, 6.45) is 2.50. The molecule has 3 heterocycles. The van der Waals surface area contributed by atoms with E-state index in [1.165, 1.54) is 26.2 Å². The molecule has 2 saturated heterocycles. The predicted molar refractivity (Wildman–Crippen MR) is 189 cm³/mol. The average Bonchev–Trinajstić information content (AvgIpc) is 3.71. The van der Waals surface area contributed by atoms with Crippen LogP contribution in [0.3, 0.4) is 0 Å². The van der Waals surface area contributed by atoms with Gasteiger partial charge in [0.25, 0.3) is 5.91 Å². The van der Waals surface area contributed by atoms with Crippen molar-refractivity contribution < 1.29 is 33.3 Å². The van der Waals surface area contributed by atoms with Crippen molar-refractivity contribution in [3.63, 3.8) is 0 Å². The van der Waals surface area contributed by atoms with E-state index in [1.54, 1.807) is 12.1 Å². The fourth-order valence-corrected chi connectivity index (χ4v) is 7.47. The molecule has 50 heavy (non-hydrogen) atoms. The lowest BCUT2D eigenvalue weighted by atomic mass is 9.76. The minimum absolute atomic E-state index is 0.0741. The number of ketones is 1. The highest BCUT2D eigenvalue weighted by molar-refractivity contribution is 6.09. The molecule has 1 unspecified atom stereocenters. The van der Waals surface area contributed by atoms with Crippen LogP contribution in [0.1, 0.15) is 59.1 Å². The Labute approximate surface area is 293 Å². The Bertz CT molecular complexity index is 1810.